The van der Waals surface area contributed by atoms with Gasteiger partial charge < -0.3 is 15.4 Å². The van der Waals surface area contributed by atoms with E-state index in [9.17, 15) is 0 Å². The summed E-state index contributed by atoms with van der Waals surface area (Å²) in [7, 11) is 1.97. The van der Waals surface area contributed by atoms with Crippen LogP contribution in [0.2, 0.25) is 0 Å². The van der Waals surface area contributed by atoms with Crippen molar-refractivity contribution in [3.8, 4) is 5.75 Å². The van der Waals surface area contributed by atoms with E-state index in [1.807, 2.05) is 20.9 Å². The molecule has 0 heterocycles. The van der Waals surface area contributed by atoms with Crippen LogP contribution in [0.25, 0.3) is 0 Å². The van der Waals surface area contributed by atoms with Gasteiger partial charge in [0.05, 0.1) is 15.0 Å². The SMILES string of the molecule is CNCCCNCc1cc(Br)c(OC(C)C)c(Br)c1. The Hall–Kier alpha value is -0.100. The van der Waals surface area contributed by atoms with E-state index in [1.165, 1.54) is 5.56 Å². The molecule has 108 valence electrons. The maximum absolute atomic E-state index is 5.77. The monoisotopic (exact) mass is 392 g/mol. The maximum Gasteiger partial charge on any atom is 0.148 e. The standard InChI is InChI=1S/C14H22Br2N2O/c1-10(2)19-14-12(15)7-11(8-13(14)16)9-18-6-4-5-17-3/h7-8,10,17-18H,4-6,9H2,1-3H3. The van der Waals surface area contributed by atoms with Crippen LogP contribution in [0.1, 0.15) is 25.8 Å². The molecule has 3 nitrogen and oxygen atoms in total. The predicted octanol–water partition coefficient (Wildman–Crippen LogP) is 3.70. The molecule has 0 bridgehead atoms. The van der Waals surface area contributed by atoms with Crippen molar-refractivity contribution >= 4 is 31.9 Å². The van der Waals surface area contributed by atoms with Gasteiger partial charge in [0.15, 0.2) is 0 Å². The van der Waals surface area contributed by atoms with E-state index < -0.39 is 0 Å². The highest BCUT2D eigenvalue weighted by Crippen LogP contribution is 2.35. The lowest BCUT2D eigenvalue weighted by molar-refractivity contribution is 0.239. The second-order valence-corrected chi connectivity index (χ2v) is 6.40. The molecule has 0 aliphatic carbocycles. The molecule has 0 unspecified atom stereocenters. The molecule has 0 saturated carbocycles. The number of rotatable bonds is 8. The van der Waals surface area contributed by atoms with E-state index >= 15 is 0 Å². The minimum absolute atomic E-state index is 0.165. The smallest absolute Gasteiger partial charge is 0.148 e. The molecule has 5 heteroatoms. The minimum Gasteiger partial charge on any atom is -0.489 e. The second-order valence-electron chi connectivity index (χ2n) is 4.69. The summed E-state index contributed by atoms with van der Waals surface area (Å²) in [5.41, 5.74) is 1.24. The lowest BCUT2D eigenvalue weighted by Gasteiger charge is -2.15. The van der Waals surface area contributed by atoms with E-state index in [1.54, 1.807) is 0 Å². The summed E-state index contributed by atoms with van der Waals surface area (Å²) < 4.78 is 7.74. The molecule has 0 aliphatic heterocycles. The summed E-state index contributed by atoms with van der Waals surface area (Å²) in [5.74, 6) is 0.869. The van der Waals surface area contributed by atoms with Gasteiger partial charge in [-0.3, -0.25) is 0 Å². The summed E-state index contributed by atoms with van der Waals surface area (Å²) in [6.07, 6.45) is 1.30. The van der Waals surface area contributed by atoms with Crippen LogP contribution >= 0.6 is 31.9 Å². The van der Waals surface area contributed by atoms with Gasteiger partial charge in [-0.15, -0.1) is 0 Å². The number of hydrogen-bond donors (Lipinski definition) is 2. The molecule has 0 fully saturated rings. The first-order valence-corrected chi connectivity index (χ1v) is 8.13. The molecule has 1 aromatic carbocycles. The summed E-state index contributed by atoms with van der Waals surface area (Å²) in [5, 5.41) is 6.57. The Kier molecular flexibility index (Phi) is 7.99. The number of benzene rings is 1. The fraction of sp³-hybridized carbons (Fsp3) is 0.571. The number of hydrogen-bond acceptors (Lipinski definition) is 3. The third-order valence-corrected chi connectivity index (χ3v) is 3.70. The van der Waals surface area contributed by atoms with Gasteiger partial charge in [-0.1, -0.05) is 0 Å². The van der Waals surface area contributed by atoms with Crippen molar-refractivity contribution in [3.05, 3.63) is 26.6 Å². The topological polar surface area (TPSA) is 33.3 Å². The lowest BCUT2D eigenvalue weighted by Crippen LogP contribution is -2.19. The molecule has 0 atom stereocenters. The molecule has 0 aromatic heterocycles. The lowest BCUT2D eigenvalue weighted by atomic mass is 10.2. The second kappa shape index (κ2) is 8.95. The van der Waals surface area contributed by atoms with Gasteiger partial charge in [-0.2, -0.15) is 0 Å². The molecule has 1 rings (SSSR count). The highest BCUT2D eigenvalue weighted by Gasteiger charge is 2.10. The average molecular weight is 394 g/mol. The molecule has 19 heavy (non-hydrogen) atoms. The van der Waals surface area contributed by atoms with Crippen LogP contribution in [0.5, 0.6) is 5.75 Å². The molecular formula is C14H22Br2N2O. The highest BCUT2D eigenvalue weighted by molar-refractivity contribution is 9.11. The zero-order valence-electron chi connectivity index (χ0n) is 11.7. The summed E-state index contributed by atoms with van der Waals surface area (Å²) >= 11 is 7.14. The van der Waals surface area contributed by atoms with Gasteiger partial charge in [0.25, 0.3) is 0 Å². The fourth-order valence-electron chi connectivity index (χ4n) is 1.69. The van der Waals surface area contributed by atoms with E-state index in [2.05, 4.69) is 54.6 Å². The Morgan fingerprint density at radius 3 is 2.32 bits per heavy atom. The zero-order chi connectivity index (χ0) is 14.3. The molecule has 0 radical (unpaired) electrons. The van der Waals surface area contributed by atoms with Crippen LogP contribution in [0.3, 0.4) is 0 Å². The van der Waals surface area contributed by atoms with E-state index in [-0.39, 0.29) is 6.10 Å². The Morgan fingerprint density at radius 1 is 1.16 bits per heavy atom. The van der Waals surface area contributed by atoms with Gasteiger partial charge in [0.2, 0.25) is 0 Å². The predicted molar refractivity (Wildman–Crippen MR) is 87.9 cm³/mol. The van der Waals surface area contributed by atoms with Crippen molar-refractivity contribution in [3.63, 3.8) is 0 Å². The maximum atomic E-state index is 5.77. The zero-order valence-corrected chi connectivity index (χ0v) is 14.9. The van der Waals surface area contributed by atoms with Crippen molar-refractivity contribution in [2.24, 2.45) is 0 Å². The fourth-order valence-corrected chi connectivity index (χ4v) is 3.15. The van der Waals surface area contributed by atoms with Crippen molar-refractivity contribution < 1.29 is 4.74 Å². The van der Waals surface area contributed by atoms with Crippen LogP contribution < -0.4 is 15.4 Å². The Balaban J connectivity index is 2.57. The quantitative estimate of drug-likeness (QED) is 0.660. The van der Waals surface area contributed by atoms with E-state index in [0.29, 0.717) is 0 Å². The summed E-state index contributed by atoms with van der Waals surface area (Å²) in [4.78, 5) is 0. The van der Waals surface area contributed by atoms with Crippen LogP contribution in [-0.2, 0) is 6.54 Å². The minimum atomic E-state index is 0.165. The third-order valence-electron chi connectivity index (χ3n) is 2.52. The molecule has 2 N–H and O–H groups in total. The average Bonchev–Trinajstić information content (AvgIpc) is 2.33. The van der Waals surface area contributed by atoms with Crippen molar-refractivity contribution in [1.29, 1.82) is 0 Å². The van der Waals surface area contributed by atoms with Gasteiger partial charge in [0.1, 0.15) is 5.75 Å². The van der Waals surface area contributed by atoms with Crippen LogP contribution in [-0.4, -0.2) is 26.2 Å². The Labute approximate surface area is 132 Å². The first-order chi connectivity index (χ1) is 9.04. The Morgan fingerprint density at radius 2 is 1.79 bits per heavy atom. The molecule has 0 saturated heterocycles. The van der Waals surface area contributed by atoms with Crippen molar-refractivity contribution in [2.45, 2.75) is 32.9 Å². The Bertz CT molecular complexity index is 374. The molecule has 0 spiro atoms. The third kappa shape index (κ3) is 6.25. The summed E-state index contributed by atoms with van der Waals surface area (Å²) in [6.45, 7) is 6.97. The van der Waals surface area contributed by atoms with Gasteiger partial charge in [-0.25, -0.2) is 0 Å². The molecule has 1 aromatic rings. The van der Waals surface area contributed by atoms with Crippen LogP contribution in [0.15, 0.2) is 21.1 Å². The highest BCUT2D eigenvalue weighted by atomic mass is 79.9. The van der Waals surface area contributed by atoms with E-state index in [0.717, 1.165) is 40.8 Å². The van der Waals surface area contributed by atoms with Gasteiger partial charge >= 0.3 is 0 Å². The van der Waals surface area contributed by atoms with E-state index in [4.69, 9.17) is 4.74 Å². The normalized spacial score (nSPS) is 11.1. The number of halogens is 2. The van der Waals surface area contributed by atoms with Crippen molar-refractivity contribution in [1.82, 2.24) is 10.6 Å². The largest absolute Gasteiger partial charge is 0.489 e. The number of ether oxygens (including phenoxy) is 1. The molecule has 0 amide bonds. The molecule has 0 aliphatic rings. The first-order valence-electron chi connectivity index (χ1n) is 6.54. The number of nitrogens with one attached hydrogen (secondary N) is 2. The van der Waals surface area contributed by atoms with Crippen LogP contribution in [0.4, 0.5) is 0 Å². The summed E-state index contributed by atoms with van der Waals surface area (Å²) in [6, 6.07) is 4.21. The van der Waals surface area contributed by atoms with Crippen molar-refractivity contribution in [2.75, 3.05) is 20.1 Å². The first kappa shape index (κ1) is 17.0. The molecular weight excluding hydrogens is 372 g/mol. The van der Waals surface area contributed by atoms with Gasteiger partial charge in [0, 0.05) is 6.54 Å². The van der Waals surface area contributed by atoms with Gasteiger partial charge in [-0.05, 0) is 90.0 Å². The van der Waals surface area contributed by atoms with Crippen LogP contribution in [0, 0.1) is 0 Å².